The van der Waals surface area contributed by atoms with Crippen molar-refractivity contribution < 1.29 is 9.47 Å². The highest BCUT2D eigenvalue weighted by molar-refractivity contribution is 4.83. The molecule has 0 heterocycles. The van der Waals surface area contributed by atoms with Crippen LogP contribution >= 0.6 is 0 Å². The summed E-state index contributed by atoms with van der Waals surface area (Å²) in [6.45, 7) is 13.5. The predicted octanol–water partition coefficient (Wildman–Crippen LogP) is 2.97. The lowest BCUT2D eigenvalue weighted by Crippen LogP contribution is -2.45. The Hall–Kier alpha value is -0.120. The molecule has 0 aliphatic rings. The second-order valence-electron chi connectivity index (χ2n) is 6.44. The molecule has 0 aromatic heterocycles. The van der Waals surface area contributed by atoms with Gasteiger partial charge in [0.2, 0.25) is 0 Å². The van der Waals surface area contributed by atoms with Crippen LogP contribution in [-0.4, -0.2) is 31.5 Å². The minimum Gasteiger partial charge on any atom is -0.379 e. The van der Waals surface area contributed by atoms with Crippen LogP contribution in [0, 0.1) is 5.41 Å². The maximum atomic E-state index is 6.13. The Labute approximate surface area is 107 Å². The summed E-state index contributed by atoms with van der Waals surface area (Å²) in [4.78, 5) is 0. The summed E-state index contributed by atoms with van der Waals surface area (Å²) in [7, 11) is 1.74. The van der Waals surface area contributed by atoms with Gasteiger partial charge in [0.25, 0.3) is 0 Å². The van der Waals surface area contributed by atoms with Crippen LogP contribution in [0.5, 0.6) is 0 Å². The Kier molecular flexibility index (Phi) is 6.67. The van der Waals surface area contributed by atoms with Gasteiger partial charge in [-0.15, -0.1) is 0 Å². The smallest absolute Gasteiger partial charge is 0.0773 e. The zero-order chi connectivity index (χ0) is 13.7. The molecule has 104 valence electrons. The molecule has 3 nitrogen and oxygen atoms in total. The fourth-order valence-corrected chi connectivity index (χ4v) is 1.76. The van der Waals surface area contributed by atoms with E-state index >= 15 is 0 Å². The van der Waals surface area contributed by atoms with Gasteiger partial charge in [-0.2, -0.15) is 0 Å². The Morgan fingerprint density at radius 1 is 1.12 bits per heavy atom. The molecule has 0 aromatic carbocycles. The van der Waals surface area contributed by atoms with Gasteiger partial charge in [0.15, 0.2) is 0 Å². The molecule has 0 aromatic rings. The number of ether oxygens (including phenoxy) is 2. The summed E-state index contributed by atoms with van der Waals surface area (Å²) in [5.41, 5.74) is 6.08. The van der Waals surface area contributed by atoms with Gasteiger partial charge >= 0.3 is 0 Å². The maximum absolute atomic E-state index is 6.13. The van der Waals surface area contributed by atoms with E-state index in [9.17, 15) is 0 Å². The third-order valence-electron chi connectivity index (χ3n) is 3.27. The van der Waals surface area contributed by atoms with Crippen molar-refractivity contribution in [3.63, 3.8) is 0 Å². The molecule has 0 bridgehead atoms. The quantitative estimate of drug-likeness (QED) is 0.750. The van der Waals surface area contributed by atoms with Crippen LogP contribution in [0.15, 0.2) is 0 Å². The van der Waals surface area contributed by atoms with Crippen molar-refractivity contribution in [1.82, 2.24) is 0 Å². The zero-order valence-electron chi connectivity index (χ0n) is 12.7. The van der Waals surface area contributed by atoms with Crippen LogP contribution in [0.1, 0.15) is 54.4 Å². The second kappa shape index (κ2) is 6.72. The molecular formula is C14H31NO2. The first-order chi connectivity index (χ1) is 7.64. The fraction of sp³-hybridized carbons (Fsp3) is 1.00. The summed E-state index contributed by atoms with van der Waals surface area (Å²) < 4.78 is 11.4. The van der Waals surface area contributed by atoms with Crippen LogP contribution < -0.4 is 5.73 Å². The van der Waals surface area contributed by atoms with Crippen LogP contribution in [0.2, 0.25) is 0 Å². The van der Waals surface area contributed by atoms with Gasteiger partial charge in [-0.05, 0) is 32.1 Å². The fourth-order valence-electron chi connectivity index (χ4n) is 1.76. The van der Waals surface area contributed by atoms with Gasteiger partial charge in [0.1, 0.15) is 0 Å². The summed E-state index contributed by atoms with van der Waals surface area (Å²) >= 11 is 0. The Morgan fingerprint density at radius 2 is 1.65 bits per heavy atom. The van der Waals surface area contributed by atoms with Gasteiger partial charge in [0.05, 0.1) is 11.7 Å². The molecule has 2 unspecified atom stereocenters. The molecule has 0 amide bonds. The summed E-state index contributed by atoms with van der Waals surface area (Å²) in [6.07, 6.45) is 1.92. The lowest BCUT2D eigenvalue weighted by molar-refractivity contribution is -0.0649. The number of hydrogen-bond donors (Lipinski definition) is 1. The average Bonchev–Trinajstić information content (AvgIpc) is 2.21. The largest absolute Gasteiger partial charge is 0.379 e. The first-order valence-corrected chi connectivity index (χ1v) is 6.56. The Morgan fingerprint density at radius 3 is 2.00 bits per heavy atom. The number of hydrogen-bond acceptors (Lipinski definition) is 3. The predicted molar refractivity (Wildman–Crippen MR) is 73.2 cm³/mol. The van der Waals surface area contributed by atoms with E-state index in [1.165, 1.54) is 0 Å². The van der Waals surface area contributed by atoms with Gasteiger partial charge in [0, 0.05) is 19.8 Å². The van der Waals surface area contributed by atoms with Gasteiger partial charge in [-0.1, -0.05) is 27.7 Å². The van der Waals surface area contributed by atoms with Gasteiger partial charge < -0.3 is 15.2 Å². The summed E-state index contributed by atoms with van der Waals surface area (Å²) in [5, 5.41) is 0. The van der Waals surface area contributed by atoms with Crippen LogP contribution in [0.3, 0.4) is 0 Å². The normalized spacial score (nSPS) is 16.9. The Bertz CT molecular complexity index is 209. The molecule has 0 spiro atoms. The van der Waals surface area contributed by atoms with Gasteiger partial charge in [-0.3, -0.25) is 0 Å². The van der Waals surface area contributed by atoms with Crippen LogP contribution in [0.4, 0.5) is 0 Å². The first-order valence-electron chi connectivity index (χ1n) is 6.56. The summed E-state index contributed by atoms with van der Waals surface area (Å²) in [5.74, 6) is 0. The zero-order valence-corrected chi connectivity index (χ0v) is 12.7. The molecule has 0 fully saturated rings. The molecule has 3 heteroatoms. The van der Waals surface area contributed by atoms with E-state index in [4.69, 9.17) is 15.2 Å². The lowest BCUT2D eigenvalue weighted by Gasteiger charge is -2.35. The molecule has 0 saturated heterocycles. The van der Waals surface area contributed by atoms with Crippen LogP contribution in [0.25, 0.3) is 0 Å². The third kappa shape index (κ3) is 6.39. The van der Waals surface area contributed by atoms with Gasteiger partial charge in [-0.25, -0.2) is 0 Å². The highest BCUT2D eigenvalue weighted by atomic mass is 16.5. The molecule has 0 aliphatic heterocycles. The molecule has 0 aliphatic carbocycles. The van der Waals surface area contributed by atoms with Crippen molar-refractivity contribution in [1.29, 1.82) is 0 Å². The van der Waals surface area contributed by atoms with Crippen molar-refractivity contribution in [3.05, 3.63) is 0 Å². The monoisotopic (exact) mass is 245 g/mol. The minimum absolute atomic E-state index is 0.0760. The maximum Gasteiger partial charge on any atom is 0.0773 e. The average molecular weight is 245 g/mol. The topological polar surface area (TPSA) is 44.5 Å². The molecule has 2 atom stereocenters. The number of nitrogens with two attached hydrogens (primary N) is 1. The van der Waals surface area contributed by atoms with Crippen molar-refractivity contribution in [2.75, 3.05) is 13.7 Å². The van der Waals surface area contributed by atoms with E-state index < -0.39 is 0 Å². The molecule has 0 radical (unpaired) electrons. The highest BCUT2D eigenvalue weighted by Crippen LogP contribution is 2.26. The first kappa shape index (κ1) is 16.9. The molecule has 0 saturated carbocycles. The molecule has 2 N–H and O–H groups in total. The van der Waals surface area contributed by atoms with E-state index in [1.807, 2.05) is 0 Å². The highest BCUT2D eigenvalue weighted by Gasteiger charge is 2.30. The van der Waals surface area contributed by atoms with Crippen molar-refractivity contribution in [2.45, 2.75) is 72.1 Å². The summed E-state index contributed by atoms with van der Waals surface area (Å²) in [6, 6.07) is 0.0978. The number of methoxy groups -OCH3 is 1. The minimum atomic E-state index is -0.126. The molecule has 17 heavy (non-hydrogen) atoms. The second-order valence-corrected chi connectivity index (χ2v) is 6.44. The van der Waals surface area contributed by atoms with E-state index in [2.05, 4.69) is 41.5 Å². The SMILES string of the molecule is CCC(N)C(OCCC(C)(C)OC)C(C)(C)C. The Balaban J connectivity index is 4.29. The molecule has 0 rings (SSSR count). The lowest BCUT2D eigenvalue weighted by atomic mass is 9.84. The van der Waals surface area contributed by atoms with Crippen molar-refractivity contribution in [2.24, 2.45) is 11.1 Å². The van der Waals surface area contributed by atoms with E-state index in [0.717, 1.165) is 12.8 Å². The van der Waals surface area contributed by atoms with Crippen molar-refractivity contribution >= 4 is 0 Å². The van der Waals surface area contributed by atoms with Crippen molar-refractivity contribution in [3.8, 4) is 0 Å². The number of rotatable bonds is 7. The van der Waals surface area contributed by atoms with E-state index in [0.29, 0.717) is 6.61 Å². The van der Waals surface area contributed by atoms with E-state index in [-0.39, 0.29) is 23.2 Å². The van der Waals surface area contributed by atoms with E-state index in [1.54, 1.807) is 7.11 Å². The molecular weight excluding hydrogens is 214 g/mol. The van der Waals surface area contributed by atoms with Crippen LogP contribution in [-0.2, 0) is 9.47 Å². The third-order valence-corrected chi connectivity index (χ3v) is 3.27. The standard InChI is InChI=1S/C14H31NO2/c1-8-11(15)12(13(2,3)4)17-10-9-14(5,6)16-7/h11-12H,8-10,15H2,1-7H3.